The van der Waals surface area contributed by atoms with Gasteiger partial charge < -0.3 is 10.0 Å². The molecule has 0 saturated heterocycles. The highest BCUT2D eigenvalue weighted by molar-refractivity contribution is 6.60. The van der Waals surface area contributed by atoms with E-state index in [0.29, 0.717) is 17.4 Å². The van der Waals surface area contributed by atoms with Gasteiger partial charge in [0.2, 0.25) is 0 Å². The van der Waals surface area contributed by atoms with Crippen LogP contribution in [0.4, 0.5) is 0 Å². The van der Waals surface area contributed by atoms with Gasteiger partial charge in [-0.25, -0.2) is 0 Å². The average molecular weight is 206 g/mol. The van der Waals surface area contributed by atoms with E-state index in [2.05, 4.69) is 0 Å². The Bertz CT molecular complexity index is 336. The number of unbranched alkanes of at least 4 members (excludes halogenated alkanes) is 1. The van der Waals surface area contributed by atoms with Crippen LogP contribution < -0.4 is 5.46 Å². The highest BCUT2D eigenvalue weighted by atomic mass is 16.4. The number of carbonyl (C=O) groups excluding carboxylic acids is 1. The summed E-state index contributed by atoms with van der Waals surface area (Å²) in [7, 11) is -1.58. The Balaban J connectivity index is 2.87. The van der Waals surface area contributed by atoms with Crippen LogP contribution in [0.15, 0.2) is 24.3 Å². The first kappa shape index (κ1) is 11.9. The highest BCUT2D eigenvalue weighted by Crippen LogP contribution is 2.05. The van der Waals surface area contributed by atoms with Crippen molar-refractivity contribution in [2.75, 3.05) is 0 Å². The van der Waals surface area contributed by atoms with E-state index in [1.54, 1.807) is 24.3 Å². The standard InChI is InChI=1S/C11H15BO3/c1-2-3-8-11(13)9-6-4-5-7-10(9)12(14)15/h4-7,14-15H,2-3,8H2,1H3. The molecule has 0 aliphatic rings. The van der Waals surface area contributed by atoms with Crippen LogP contribution in [0.1, 0.15) is 36.5 Å². The average Bonchev–Trinajstić information content (AvgIpc) is 2.25. The van der Waals surface area contributed by atoms with Crippen LogP contribution in [0, 0.1) is 0 Å². The lowest BCUT2D eigenvalue weighted by Gasteiger charge is -2.06. The molecule has 0 aliphatic carbocycles. The lowest BCUT2D eigenvalue weighted by atomic mass is 9.76. The fraction of sp³-hybridized carbons (Fsp3) is 0.364. The Kier molecular flexibility index (Phi) is 4.53. The van der Waals surface area contributed by atoms with Gasteiger partial charge in [0.1, 0.15) is 0 Å². The molecule has 15 heavy (non-hydrogen) atoms. The third kappa shape index (κ3) is 3.18. The maximum atomic E-state index is 11.7. The van der Waals surface area contributed by atoms with E-state index >= 15 is 0 Å². The molecule has 2 N–H and O–H groups in total. The summed E-state index contributed by atoms with van der Waals surface area (Å²) in [5.41, 5.74) is 0.708. The van der Waals surface area contributed by atoms with Crippen LogP contribution >= 0.6 is 0 Å². The molecule has 3 nitrogen and oxygen atoms in total. The van der Waals surface area contributed by atoms with Crippen molar-refractivity contribution in [3.05, 3.63) is 29.8 Å². The van der Waals surface area contributed by atoms with E-state index in [4.69, 9.17) is 10.0 Å². The third-order valence-corrected chi connectivity index (χ3v) is 2.30. The lowest BCUT2D eigenvalue weighted by molar-refractivity contribution is 0.0980. The van der Waals surface area contributed by atoms with E-state index in [0.717, 1.165) is 12.8 Å². The zero-order valence-corrected chi connectivity index (χ0v) is 8.81. The van der Waals surface area contributed by atoms with Crippen molar-refractivity contribution in [2.24, 2.45) is 0 Å². The van der Waals surface area contributed by atoms with Gasteiger partial charge in [0.15, 0.2) is 5.78 Å². The molecule has 4 heteroatoms. The van der Waals surface area contributed by atoms with E-state index in [1.165, 1.54) is 0 Å². The molecule has 0 aromatic heterocycles. The molecular weight excluding hydrogens is 191 g/mol. The summed E-state index contributed by atoms with van der Waals surface area (Å²) in [5.74, 6) is -0.0273. The van der Waals surface area contributed by atoms with Crippen LogP contribution in [0.2, 0.25) is 0 Å². The molecule has 0 aliphatic heterocycles. The third-order valence-electron chi connectivity index (χ3n) is 2.30. The molecule has 0 heterocycles. The number of rotatable bonds is 5. The largest absolute Gasteiger partial charge is 0.489 e. The van der Waals surface area contributed by atoms with Gasteiger partial charge in [-0.15, -0.1) is 0 Å². The molecule has 0 saturated carbocycles. The predicted octanol–water partition coefficient (Wildman–Crippen LogP) is 0.739. The Morgan fingerprint density at radius 3 is 2.60 bits per heavy atom. The van der Waals surface area contributed by atoms with E-state index < -0.39 is 7.12 Å². The van der Waals surface area contributed by atoms with Crippen molar-refractivity contribution >= 4 is 18.4 Å². The van der Waals surface area contributed by atoms with Gasteiger partial charge in [0.05, 0.1) is 0 Å². The first-order valence-electron chi connectivity index (χ1n) is 5.15. The molecule has 0 bridgehead atoms. The number of benzene rings is 1. The van der Waals surface area contributed by atoms with Gasteiger partial charge >= 0.3 is 7.12 Å². The molecule has 1 aromatic carbocycles. The maximum absolute atomic E-state index is 11.7. The van der Waals surface area contributed by atoms with Crippen molar-refractivity contribution in [2.45, 2.75) is 26.2 Å². The predicted molar refractivity (Wildman–Crippen MR) is 60.1 cm³/mol. The van der Waals surface area contributed by atoms with Gasteiger partial charge in [-0.2, -0.15) is 0 Å². The van der Waals surface area contributed by atoms with Crippen molar-refractivity contribution in [1.29, 1.82) is 0 Å². The van der Waals surface area contributed by atoms with Crippen LogP contribution in [0.25, 0.3) is 0 Å². The van der Waals surface area contributed by atoms with Crippen molar-refractivity contribution in [3.63, 3.8) is 0 Å². The summed E-state index contributed by atoms with van der Waals surface area (Å²) >= 11 is 0. The quantitative estimate of drug-likeness (QED) is 0.551. The first-order chi connectivity index (χ1) is 7.16. The monoisotopic (exact) mass is 206 g/mol. The summed E-state index contributed by atoms with van der Waals surface area (Å²) < 4.78 is 0. The minimum atomic E-state index is -1.58. The number of Topliss-reactive ketones (excluding diaryl/α,β-unsaturated/α-hetero) is 1. The summed E-state index contributed by atoms with van der Waals surface area (Å²) in [6, 6.07) is 6.60. The number of hydrogen-bond acceptors (Lipinski definition) is 3. The van der Waals surface area contributed by atoms with Crippen LogP contribution in [-0.2, 0) is 0 Å². The van der Waals surface area contributed by atoms with Crippen LogP contribution in [0.5, 0.6) is 0 Å². The maximum Gasteiger partial charge on any atom is 0.489 e. The molecule has 0 atom stereocenters. The zero-order valence-electron chi connectivity index (χ0n) is 8.81. The fourth-order valence-corrected chi connectivity index (χ4v) is 1.45. The van der Waals surface area contributed by atoms with Crippen LogP contribution in [-0.4, -0.2) is 22.9 Å². The van der Waals surface area contributed by atoms with Crippen molar-refractivity contribution in [1.82, 2.24) is 0 Å². The van der Waals surface area contributed by atoms with Gasteiger partial charge in [-0.1, -0.05) is 37.6 Å². The molecule has 80 valence electrons. The van der Waals surface area contributed by atoms with Gasteiger partial charge in [0, 0.05) is 12.0 Å². The second-order valence-corrected chi connectivity index (χ2v) is 3.49. The Hall–Kier alpha value is -1.13. The van der Waals surface area contributed by atoms with Gasteiger partial charge in [0.25, 0.3) is 0 Å². The molecular formula is C11H15BO3. The molecule has 0 radical (unpaired) electrons. The van der Waals surface area contributed by atoms with Crippen molar-refractivity contribution in [3.8, 4) is 0 Å². The van der Waals surface area contributed by atoms with Gasteiger partial charge in [-0.05, 0) is 11.9 Å². The summed E-state index contributed by atoms with van der Waals surface area (Å²) in [6.07, 6.45) is 2.24. The Morgan fingerprint density at radius 2 is 2.00 bits per heavy atom. The molecule has 0 unspecified atom stereocenters. The highest BCUT2D eigenvalue weighted by Gasteiger charge is 2.18. The Morgan fingerprint density at radius 1 is 1.33 bits per heavy atom. The molecule has 1 rings (SSSR count). The van der Waals surface area contributed by atoms with E-state index in [1.807, 2.05) is 6.92 Å². The topological polar surface area (TPSA) is 57.5 Å². The minimum Gasteiger partial charge on any atom is -0.423 e. The molecule has 0 amide bonds. The fourth-order valence-electron chi connectivity index (χ4n) is 1.45. The minimum absolute atomic E-state index is 0.0273. The van der Waals surface area contributed by atoms with Crippen molar-refractivity contribution < 1.29 is 14.8 Å². The number of hydrogen-bond donors (Lipinski definition) is 2. The smallest absolute Gasteiger partial charge is 0.423 e. The summed E-state index contributed by atoms with van der Waals surface area (Å²) in [5, 5.41) is 18.2. The van der Waals surface area contributed by atoms with Crippen LogP contribution in [0.3, 0.4) is 0 Å². The summed E-state index contributed by atoms with van der Waals surface area (Å²) in [4.78, 5) is 11.7. The zero-order chi connectivity index (χ0) is 11.3. The second-order valence-electron chi connectivity index (χ2n) is 3.49. The number of carbonyl (C=O) groups is 1. The number of ketones is 1. The lowest BCUT2D eigenvalue weighted by Crippen LogP contribution is -2.34. The van der Waals surface area contributed by atoms with E-state index in [-0.39, 0.29) is 5.78 Å². The van der Waals surface area contributed by atoms with Gasteiger partial charge in [-0.3, -0.25) is 4.79 Å². The molecule has 0 spiro atoms. The Labute approximate surface area is 89.9 Å². The summed E-state index contributed by atoms with van der Waals surface area (Å²) in [6.45, 7) is 2.01. The first-order valence-corrected chi connectivity index (χ1v) is 5.15. The SMILES string of the molecule is CCCCC(=O)c1ccccc1B(O)O. The molecule has 1 aromatic rings. The normalized spacial score (nSPS) is 10.1. The van der Waals surface area contributed by atoms with E-state index in [9.17, 15) is 4.79 Å². The molecule has 0 fully saturated rings. The second kappa shape index (κ2) is 5.68.